The van der Waals surface area contributed by atoms with E-state index in [0.29, 0.717) is 17.7 Å². The quantitative estimate of drug-likeness (QED) is 0.674. The van der Waals surface area contributed by atoms with Gasteiger partial charge in [-0.3, -0.25) is 9.59 Å². The Morgan fingerprint density at radius 2 is 2.09 bits per heavy atom. The molecule has 1 amide bonds. The molecular formula is C15H14Cl2N2O3. The molecule has 0 saturated heterocycles. The van der Waals surface area contributed by atoms with Crippen molar-refractivity contribution in [1.82, 2.24) is 0 Å². The first kappa shape index (κ1) is 16.6. The molecule has 2 rings (SSSR count). The predicted octanol–water partition coefficient (Wildman–Crippen LogP) is 3.01. The van der Waals surface area contributed by atoms with E-state index >= 15 is 0 Å². The van der Waals surface area contributed by atoms with Crippen molar-refractivity contribution in [3.05, 3.63) is 29.8 Å². The predicted molar refractivity (Wildman–Crippen MR) is 82.5 cm³/mol. The lowest BCUT2D eigenvalue weighted by atomic mass is 10.1. The number of alkyl halides is 2. The highest BCUT2D eigenvalue weighted by molar-refractivity contribution is 6.53. The highest BCUT2D eigenvalue weighted by Gasteiger charge is 2.69. The molecule has 0 aliphatic heterocycles. The zero-order chi connectivity index (χ0) is 16.5. The van der Waals surface area contributed by atoms with Crippen molar-refractivity contribution in [3.8, 4) is 6.07 Å². The van der Waals surface area contributed by atoms with Crippen molar-refractivity contribution in [2.45, 2.75) is 30.7 Å². The molecule has 1 N–H and O–H groups in total. The number of hydrogen-bond donors (Lipinski definition) is 1. The van der Waals surface area contributed by atoms with Gasteiger partial charge in [-0.1, -0.05) is 6.07 Å². The average Bonchev–Trinajstić information content (AvgIpc) is 2.99. The molecule has 0 heterocycles. The highest BCUT2D eigenvalue weighted by Crippen LogP contribution is 2.64. The summed E-state index contributed by atoms with van der Waals surface area (Å²) in [5.74, 6) is -1.10. The monoisotopic (exact) mass is 340 g/mol. The Kier molecular flexibility index (Phi) is 4.37. The Bertz CT molecular complexity index is 669. The van der Waals surface area contributed by atoms with E-state index in [1.165, 1.54) is 13.0 Å². The van der Waals surface area contributed by atoms with Crippen LogP contribution in [0.15, 0.2) is 24.3 Å². The van der Waals surface area contributed by atoms with Gasteiger partial charge < -0.3 is 10.1 Å². The third kappa shape index (κ3) is 3.18. The number of ether oxygens (including phenoxy) is 1. The summed E-state index contributed by atoms with van der Waals surface area (Å²) in [5, 5.41) is 11.4. The van der Waals surface area contributed by atoms with Gasteiger partial charge in [0.25, 0.3) is 5.91 Å². The number of esters is 1. The number of nitriles is 1. The number of benzene rings is 1. The van der Waals surface area contributed by atoms with E-state index in [1.54, 1.807) is 25.1 Å². The minimum absolute atomic E-state index is 0.292. The van der Waals surface area contributed by atoms with Crippen LogP contribution in [0, 0.1) is 16.7 Å². The van der Waals surface area contributed by atoms with Crippen LogP contribution in [-0.2, 0) is 14.3 Å². The molecule has 1 aromatic carbocycles. The topological polar surface area (TPSA) is 79.2 Å². The van der Waals surface area contributed by atoms with Crippen LogP contribution < -0.4 is 5.32 Å². The number of rotatable bonds is 4. The van der Waals surface area contributed by atoms with Crippen LogP contribution in [0.25, 0.3) is 0 Å². The van der Waals surface area contributed by atoms with Crippen molar-refractivity contribution >= 4 is 40.8 Å². The first-order valence-corrected chi connectivity index (χ1v) is 7.35. The fourth-order valence-corrected chi connectivity index (χ4v) is 2.56. The normalized spacial score (nSPS) is 23.0. The zero-order valence-electron chi connectivity index (χ0n) is 12.0. The maximum absolute atomic E-state index is 12.0. The third-order valence-corrected chi connectivity index (χ3v) is 4.72. The zero-order valence-corrected chi connectivity index (χ0v) is 13.5. The number of nitrogens with zero attached hydrogens (tertiary/aromatic N) is 1. The molecular weight excluding hydrogens is 327 g/mol. The Balaban J connectivity index is 1.95. The Morgan fingerprint density at radius 3 is 2.64 bits per heavy atom. The molecule has 0 bridgehead atoms. The summed E-state index contributed by atoms with van der Waals surface area (Å²) >= 11 is 11.8. The van der Waals surface area contributed by atoms with E-state index in [1.807, 2.05) is 6.07 Å². The molecule has 1 aromatic rings. The summed E-state index contributed by atoms with van der Waals surface area (Å²) < 4.78 is 3.98. The number of anilines is 1. The SMILES string of the molecule is C[C@@H](OC(=O)[C@]1(C)CC1(Cl)Cl)C(=O)Nc1cccc(C#N)c1. The average molecular weight is 341 g/mol. The lowest BCUT2D eigenvalue weighted by Crippen LogP contribution is -2.33. The van der Waals surface area contributed by atoms with Crippen molar-refractivity contribution < 1.29 is 14.3 Å². The van der Waals surface area contributed by atoms with Crippen molar-refractivity contribution in [3.63, 3.8) is 0 Å². The van der Waals surface area contributed by atoms with Crippen molar-refractivity contribution in [1.29, 1.82) is 5.26 Å². The fourth-order valence-electron chi connectivity index (χ4n) is 1.88. The number of carbonyl (C=O) groups excluding carboxylic acids is 2. The first-order valence-electron chi connectivity index (χ1n) is 6.59. The molecule has 0 aromatic heterocycles. The third-order valence-electron chi connectivity index (χ3n) is 3.62. The lowest BCUT2D eigenvalue weighted by molar-refractivity contribution is -0.158. The number of nitrogens with one attached hydrogen (secondary N) is 1. The smallest absolute Gasteiger partial charge is 0.315 e. The van der Waals surface area contributed by atoms with Gasteiger partial charge in [-0.2, -0.15) is 5.26 Å². The van der Waals surface area contributed by atoms with Crippen LogP contribution >= 0.6 is 23.2 Å². The summed E-state index contributed by atoms with van der Waals surface area (Å²) in [6.07, 6.45) is -0.708. The van der Waals surface area contributed by atoms with Crippen LogP contribution in [0.2, 0.25) is 0 Å². The van der Waals surface area contributed by atoms with Crippen LogP contribution in [0.4, 0.5) is 5.69 Å². The van der Waals surface area contributed by atoms with E-state index < -0.39 is 27.7 Å². The van der Waals surface area contributed by atoms with Crippen LogP contribution in [0.1, 0.15) is 25.8 Å². The standard InChI is InChI=1S/C15H14Cl2N2O3/c1-9(22-13(21)14(2)8-15(14,16)17)12(20)19-11-5-3-4-10(6-11)7-18/h3-6,9H,8H2,1-2H3,(H,19,20)/t9-,14+/m1/s1. The molecule has 1 fully saturated rings. The van der Waals surface area contributed by atoms with Gasteiger partial charge in [-0.25, -0.2) is 0 Å². The number of carbonyl (C=O) groups is 2. The van der Waals surface area contributed by atoms with E-state index in [4.69, 9.17) is 33.2 Å². The number of hydrogen-bond acceptors (Lipinski definition) is 4. The molecule has 1 aliphatic rings. The summed E-state index contributed by atoms with van der Waals surface area (Å²) in [6.45, 7) is 3.05. The summed E-state index contributed by atoms with van der Waals surface area (Å²) in [7, 11) is 0. The first-order chi connectivity index (χ1) is 10.2. The van der Waals surface area contributed by atoms with E-state index in [-0.39, 0.29) is 0 Å². The van der Waals surface area contributed by atoms with Gasteiger partial charge in [0.2, 0.25) is 0 Å². The summed E-state index contributed by atoms with van der Waals surface area (Å²) in [4.78, 5) is 24.0. The van der Waals surface area contributed by atoms with Crippen LogP contribution in [-0.4, -0.2) is 22.3 Å². The highest BCUT2D eigenvalue weighted by atomic mass is 35.5. The van der Waals surface area contributed by atoms with Gasteiger partial charge in [0.15, 0.2) is 6.10 Å². The van der Waals surface area contributed by atoms with Gasteiger partial charge in [0.05, 0.1) is 11.6 Å². The summed E-state index contributed by atoms with van der Waals surface area (Å²) in [6, 6.07) is 8.40. The second-order valence-corrected chi connectivity index (χ2v) is 6.93. The Morgan fingerprint density at radius 1 is 1.45 bits per heavy atom. The number of amides is 1. The van der Waals surface area contributed by atoms with Gasteiger partial charge in [0, 0.05) is 12.1 Å². The molecule has 22 heavy (non-hydrogen) atoms. The van der Waals surface area contributed by atoms with E-state index in [9.17, 15) is 9.59 Å². The second-order valence-electron chi connectivity index (χ2n) is 5.44. The number of halogens is 2. The van der Waals surface area contributed by atoms with Gasteiger partial charge in [-0.05, 0) is 32.0 Å². The minimum atomic E-state index is -1.14. The molecule has 1 aliphatic carbocycles. The minimum Gasteiger partial charge on any atom is -0.452 e. The molecule has 0 spiro atoms. The summed E-state index contributed by atoms with van der Waals surface area (Å²) in [5.41, 5.74) is -0.110. The Hall–Kier alpha value is -1.77. The van der Waals surface area contributed by atoms with Crippen LogP contribution in [0.5, 0.6) is 0 Å². The second kappa shape index (κ2) is 5.79. The fraction of sp³-hybridized carbons (Fsp3) is 0.400. The lowest BCUT2D eigenvalue weighted by Gasteiger charge is -2.17. The maximum Gasteiger partial charge on any atom is 0.315 e. The van der Waals surface area contributed by atoms with Crippen molar-refractivity contribution in [2.24, 2.45) is 5.41 Å². The van der Waals surface area contributed by atoms with Gasteiger partial charge >= 0.3 is 5.97 Å². The molecule has 116 valence electrons. The van der Waals surface area contributed by atoms with Gasteiger partial charge in [-0.15, -0.1) is 23.2 Å². The molecule has 1 saturated carbocycles. The molecule has 5 nitrogen and oxygen atoms in total. The molecule has 0 radical (unpaired) electrons. The van der Waals surface area contributed by atoms with Crippen LogP contribution in [0.3, 0.4) is 0 Å². The Labute approximate surface area is 138 Å². The molecule has 2 atom stereocenters. The molecule has 0 unspecified atom stereocenters. The largest absolute Gasteiger partial charge is 0.452 e. The maximum atomic E-state index is 12.0. The van der Waals surface area contributed by atoms with Crippen molar-refractivity contribution in [2.75, 3.05) is 5.32 Å². The van der Waals surface area contributed by atoms with E-state index in [2.05, 4.69) is 5.32 Å². The van der Waals surface area contributed by atoms with Gasteiger partial charge in [0.1, 0.15) is 9.75 Å². The van der Waals surface area contributed by atoms with E-state index in [0.717, 1.165) is 0 Å². The molecule has 7 heteroatoms.